The summed E-state index contributed by atoms with van der Waals surface area (Å²) >= 11 is 0. The zero-order valence-electron chi connectivity index (χ0n) is 19.7. The predicted octanol–water partition coefficient (Wildman–Crippen LogP) is 3.29. The van der Waals surface area contributed by atoms with Gasteiger partial charge in [-0.2, -0.15) is 0 Å². The molecule has 1 saturated heterocycles. The second-order valence-electron chi connectivity index (χ2n) is 8.48. The summed E-state index contributed by atoms with van der Waals surface area (Å²) in [7, 11) is 0. The second-order valence-corrected chi connectivity index (χ2v) is 8.48. The van der Waals surface area contributed by atoms with Crippen molar-refractivity contribution in [3.63, 3.8) is 0 Å². The van der Waals surface area contributed by atoms with E-state index >= 15 is 0 Å². The van der Waals surface area contributed by atoms with Gasteiger partial charge in [-0.3, -0.25) is 19.1 Å². The van der Waals surface area contributed by atoms with Crippen LogP contribution >= 0.6 is 0 Å². The number of aromatic nitrogens is 3. The fourth-order valence-corrected chi connectivity index (χ4v) is 4.43. The molecule has 2 aromatic heterocycles. The van der Waals surface area contributed by atoms with Gasteiger partial charge in [-0.15, -0.1) is 0 Å². The predicted molar refractivity (Wildman–Crippen MR) is 132 cm³/mol. The van der Waals surface area contributed by atoms with Gasteiger partial charge in [-0.1, -0.05) is 6.42 Å². The summed E-state index contributed by atoms with van der Waals surface area (Å²) in [6.45, 7) is 7.17. The Balaban J connectivity index is 1.66. The Bertz CT molecular complexity index is 1240. The van der Waals surface area contributed by atoms with Gasteiger partial charge in [0.2, 0.25) is 0 Å². The highest BCUT2D eigenvalue weighted by atomic mass is 16.5. The molecule has 0 aliphatic carbocycles. The number of nitrogens with one attached hydrogen (secondary N) is 2. The first-order valence-corrected chi connectivity index (χ1v) is 11.5. The summed E-state index contributed by atoms with van der Waals surface area (Å²) in [6.07, 6.45) is 8.00. The Labute approximate surface area is 198 Å². The van der Waals surface area contributed by atoms with Gasteiger partial charge in [-0.25, -0.2) is 4.98 Å². The van der Waals surface area contributed by atoms with Gasteiger partial charge in [0.05, 0.1) is 24.2 Å². The lowest BCUT2D eigenvalue weighted by atomic mass is 9.99. The number of nitrogens with two attached hydrogens (primary N) is 1. The van der Waals surface area contributed by atoms with Gasteiger partial charge in [0.1, 0.15) is 23.5 Å². The van der Waals surface area contributed by atoms with Crippen LogP contribution in [0.5, 0.6) is 5.75 Å². The lowest BCUT2D eigenvalue weighted by Gasteiger charge is -2.23. The quantitative estimate of drug-likeness (QED) is 0.513. The molecule has 1 unspecified atom stereocenters. The molecule has 4 N–H and O–H groups in total. The number of benzene rings is 1. The van der Waals surface area contributed by atoms with Gasteiger partial charge >= 0.3 is 0 Å². The van der Waals surface area contributed by atoms with Crippen LogP contribution in [0.2, 0.25) is 0 Å². The third kappa shape index (κ3) is 4.79. The van der Waals surface area contributed by atoms with Crippen molar-refractivity contribution in [2.45, 2.75) is 46.1 Å². The monoisotopic (exact) mass is 462 g/mol. The van der Waals surface area contributed by atoms with Crippen molar-refractivity contribution in [2.75, 3.05) is 24.2 Å². The van der Waals surface area contributed by atoms with Crippen LogP contribution < -0.4 is 26.7 Å². The van der Waals surface area contributed by atoms with Crippen molar-refractivity contribution in [3.8, 4) is 11.4 Å². The molecule has 0 spiro atoms. The largest absolute Gasteiger partial charge is 0.494 e. The highest BCUT2D eigenvalue weighted by molar-refractivity contribution is 6.06. The highest BCUT2D eigenvalue weighted by Gasteiger charge is 2.21. The van der Waals surface area contributed by atoms with E-state index in [1.54, 1.807) is 12.4 Å². The van der Waals surface area contributed by atoms with Crippen LogP contribution in [-0.2, 0) is 0 Å². The molecule has 1 fully saturated rings. The second kappa shape index (κ2) is 10.0. The third-order valence-corrected chi connectivity index (χ3v) is 5.97. The Morgan fingerprint density at radius 1 is 1.24 bits per heavy atom. The number of nitrogen functional groups attached to an aromatic ring is 1. The van der Waals surface area contributed by atoms with Gasteiger partial charge in [0.15, 0.2) is 0 Å². The lowest BCUT2D eigenvalue weighted by Crippen LogP contribution is -2.31. The number of rotatable bonds is 6. The molecule has 0 bridgehead atoms. The van der Waals surface area contributed by atoms with Crippen molar-refractivity contribution in [3.05, 3.63) is 69.5 Å². The average Bonchev–Trinajstić information content (AvgIpc) is 2.81. The van der Waals surface area contributed by atoms with Crippen molar-refractivity contribution >= 4 is 17.4 Å². The summed E-state index contributed by atoms with van der Waals surface area (Å²) in [5.74, 6) is -0.0327. The molecule has 1 atom stereocenters. The fraction of sp³-hybridized carbons (Fsp3) is 0.360. The number of aryl methyl sites for hydroxylation is 2. The minimum Gasteiger partial charge on any atom is -0.494 e. The molecule has 178 valence electrons. The number of nitrogens with zero attached hydrogens (tertiary/aromatic N) is 3. The fourth-order valence-electron chi connectivity index (χ4n) is 4.43. The van der Waals surface area contributed by atoms with Crippen LogP contribution in [0.1, 0.15) is 59.3 Å². The molecule has 9 nitrogen and oxygen atoms in total. The molecule has 3 heterocycles. The van der Waals surface area contributed by atoms with Crippen LogP contribution in [0.25, 0.3) is 5.69 Å². The number of carbonyl (C=O) groups excluding carboxylic acids is 1. The molecule has 9 heteroatoms. The molecule has 0 saturated carbocycles. The molecule has 0 radical (unpaired) electrons. The average molecular weight is 463 g/mol. The molecule has 4 rings (SSSR count). The van der Waals surface area contributed by atoms with Crippen molar-refractivity contribution < 1.29 is 9.53 Å². The molecule has 1 aromatic carbocycles. The van der Waals surface area contributed by atoms with Gasteiger partial charge in [0, 0.05) is 12.2 Å². The van der Waals surface area contributed by atoms with Crippen molar-refractivity contribution in [1.29, 1.82) is 0 Å². The Morgan fingerprint density at radius 3 is 2.68 bits per heavy atom. The smallest absolute Gasteiger partial charge is 0.272 e. The first-order chi connectivity index (χ1) is 16.4. The number of amides is 1. The number of carbonyl (C=O) groups is 1. The van der Waals surface area contributed by atoms with E-state index in [-0.39, 0.29) is 17.4 Å². The number of piperidine rings is 1. The van der Waals surface area contributed by atoms with E-state index in [9.17, 15) is 9.59 Å². The summed E-state index contributed by atoms with van der Waals surface area (Å²) < 4.78 is 6.95. The van der Waals surface area contributed by atoms with Crippen LogP contribution in [-0.4, -0.2) is 33.6 Å². The number of pyridine rings is 1. The number of hydrogen-bond acceptors (Lipinski definition) is 7. The minimum absolute atomic E-state index is 0.127. The SMILES string of the molecule is CCOc1cc(C)c(-n2cnc(N)c(C(=O)Nc3cncc(C4CCCCN4)c3)c2=O)c(C)c1. The Kier molecular flexibility index (Phi) is 6.93. The number of hydrogen-bond donors (Lipinski definition) is 3. The molecule has 3 aromatic rings. The summed E-state index contributed by atoms with van der Waals surface area (Å²) in [5.41, 5.74) is 9.00. The number of anilines is 2. The molecule has 34 heavy (non-hydrogen) atoms. The molecular formula is C25H30N6O3. The Morgan fingerprint density at radius 2 is 2.00 bits per heavy atom. The maximum Gasteiger partial charge on any atom is 0.272 e. The third-order valence-electron chi connectivity index (χ3n) is 5.97. The standard InChI is InChI=1S/C25H30N6O3/c1-4-34-19-9-15(2)22(16(3)10-19)31-14-29-23(26)21(25(31)33)24(32)30-18-11-17(12-27-13-18)20-7-5-6-8-28-20/h9-14,20,28H,4-8,26H2,1-3H3,(H,30,32). The molecule has 1 amide bonds. The topological polar surface area (TPSA) is 124 Å². The molecular weight excluding hydrogens is 432 g/mol. The van der Waals surface area contributed by atoms with Crippen molar-refractivity contribution in [1.82, 2.24) is 19.9 Å². The van der Waals surface area contributed by atoms with E-state index in [0.717, 1.165) is 48.2 Å². The maximum atomic E-state index is 13.4. The molecule has 1 aliphatic heterocycles. The summed E-state index contributed by atoms with van der Waals surface area (Å²) in [5, 5.41) is 6.24. The van der Waals surface area contributed by atoms with Crippen LogP contribution in [0, 0.1) is 13.8 Å². The number of ether oxygens (including phenoxy) is 1. The van der Waals surface area contributed by atoms with Crippen molar-refractivity contribution in [2.24, 2.45) is 0 Å². The van der Waals surface area contributed by atoms with Crippen LogP contribution in [0.15, 0.2) is 41.7 Å². The van der Waals surface area contributed by atoms with E-state index in [4.69, 9.17) is 10.5 Å². The van der Waals surface area contributed by atoms with E-state index in [2.05, 4.69) is 20.6 Å². The normalized spacial score (nSPS) is 15.7. The van der Waals surface area contributed by atoms with Gasteiger partial charge in [-0.05, 0) is 75.0 Å². The first-order valence-electron chi connectivity index (χ1n) is 11.5. The van der Waals surface area contributed by atoms with E-state index in [1.807, 2.05) is 39.0 Å². The lowest BCUT2D eigenvalue weighted by molar-refractivity contribution is 0.102. The zero-order valence-corrected chi connectivity index (χ0v) is 19.7. The summed E-state index contributed by atoms with van der Waals surface area (Å²) in [4.78, 5) is 34.9. The van der Waals surface area contributed by atoms with Gasteiger partial charge in [0.25, 0.3) is 11.5 Å². The summed E-state index contributed by atoms with van der Waals surface area (Å²) in [6, 6.07) is 5.78. The highest BCUT2D eigenvalue weighted by Crippen LogP contribution is 2.26. The zero-order chi connectivity index (χ0) is 24.2. The van der Waals surface area contributed by atoms with Crippen LogP contribution in [0.3, 0.4) is 0 Å². The van der Waals surface area contributed by atoms with Gasteiger partial charge < -0.3 is 21.1 Å². The first kappa shape index (κ1) is 23.4. The van der Waals surface area contributed by atoms with Crippen LogP contribution in [0.4, 0.5) is 11.5 Å². The van der Waals surface area contributed by atoms with E-state index < -0.39 is 11.5 Å². The Hall–Kier alpha value is -3.72. The molecule has 1 aliphatic rings. The minimum atomic E-state index is -0.624. The van der Waals surface area contributed by atoms with E-state index in [1.165, 1.54) is 10.9 Å². The maximum absolute atomic E-state index is 13.4. The van der Waals surface area contributed by atoms with E-state index in [0.29, 0.717) is 18.0 Å².